The number of rotatable bonds is 5. The van der Waals surface area contributed by atoms with Gasteiger partial charge in [0.1, 0.15) is 5.82 Å². The van der Waals surface area contributed by atoms with Crippen LogP contribution in [-0.4, -0.2) is 46.5 Å². The van der Waals surface area contributed by atoms with Crippen LogP contribution in [0.4, 0.5) is 17.2 Å². The van der Waals surface area contributed by atoms with Crippen LogP contribution in [0.5, 0.6) is 0 Å². The molecule has 0 unspecified atom stereocenters. The zero-order valence-electron chi connectivity index (χ0n) is 18.0. The van der Waals surface area contributed by atoms with Gasteiger partial charge < -0.3 is 15.1 Å². The lowest BCUT2D eigenvalue weighted by molar-refractivity contribution is -0.384. The number of carbonyl (C=O) groups excluding carboxylic acids is 1. The highest BCUT2D eigenvalue weighted by Gasteiger charge is 2.42. The van der Waals surface area contributed by atoms with Crippen LogP contribution in [0.1, 0.15) is 11.1 Å². The number of aromatic nitrogens is 2. The van der Waals surface area contributed by atoms with E-state index in [2.05, 4.69) is 25.1 Å². The number of hydrogen-bond acceptors (Lipinski definition) is 7. The number of hydrogen-bond donors (Lipinski definition) is 1. The number of benzene rings is 2. The molecule has 33 heavy (non-hydrogen) atoms. The number of nitrogens with one attached hydrogen (secondary N) is 1. The standard InChI is InChI=1S/C24H24N6O3/c31-24(27-14-17-4-2-1-3-5-17)20-13-18-12-19(30(32)33)6-7-21(18)29-11-10-28(16-22(20)29)23-15-25-8-9-26-23/h1-9,12,15,20,22H,10-11,13-14,16H2,(H,27,31)/t20-,22+/m1/s1. The molecule has 9 nitrogen and oxygen atoms in total. The summed E-state index contributed by atoms with van der Waals surface area (Å²) in [4.78, 5) is 37.3. The SMILES string of the molecule is O=C(NCc1ccccc1)[C@@H]1Cc2cc([N+](=O)[O-])ccc2N2CCN(c3cnccn3)C[C@@H]12. The van der Waals surface area contributed by atoms with Gasteiger partial charge in [-0.15, -0.1) is 0 Å². The van der Waals surface area contributed by atoms with Gasteiger partial charge in [-0.1, -0.05) is 30.3 Å². The first kappa shape index (κ1) is 20.9. The number of nitro groups is 1. The monoisotopic (exact) mass is 444 g/mol. The Morgan fingerprint density at radius 3 is 2.76 bits per heavy atom. The molecule has 1 amide bonds. The predicted octanol–water partition coefficient (Wildman–Crippen LogP) is 2.57. The fourth-order valence-electron chi connectivity index (χ4n) is 4.80. The van der Waals surface area contributed by atoms with Gasteiger partial charge in [0.2, 0.25) is 5.91 Å². The van der Waals surface area contributed by atoms with Crippen LogP contribution in [0.25, 0.3) is 0 Å². The van der Waals surface area contributed by atoms with Crippen molar-refractivity contribution in [2.75, 3.05) is 29.4 Å². The third kappa shape index (κ3) is 4.21. The highest BCUT2D eigenvalue weighted by atomic mass is 16.6. The molecule has 1 N–H and O–H groups in total. The summed E-state index contributed by atoms with van der Waals surface area (Å²) < 4.78 is 0. The fourth-order valence-corrected chi connectivity index (χ4v) is 4.80. The number of carbonyl (C=O) groups is 1. The number of amides is 1. The lowest BCUT2D eigenvalue weighted by atomic mass is 9.83. The molecule has 168 valence electrons. The number of piperazine rings is 1. The van der Waals surface area contributed by atoms with E-state index in [1.165, 1.54) is 0 Å². The Morgan fingerprint density at radius 2 is 2.00 bits per heavy atom. The Balaban J connectivity index is 1.43. The first-order valence-electron chi connectivity index (χ1n) is 11.0. The lowest BCUT2D eigenvalue weighted by Gasteiger charge is -2.49. The molecule has 2 aliphatic rings. The van der Waals surface area contributed by atoms with Crippen molar-refractivity contribution in [2.24, 2.45) is 5.92 Å². The van der Waals surface area contributed by atoms with Crippen molar-refractivity contribution in [3.05, 3.63) is 88.4 Å². The van der Waals surface area contributed by atoms with E-state index in [1.54, 1.807) is 30.7 Å². The Kier molecular flexibility index (Phi) is 5.60. The maximum atomic E-state index is 13.4. The van der Waals surface area contributed by atoms with Gasteiger partial charge in [-0.3, -0.25) is 19.9 Å². The minimum atomic E-state index is -0.386. The van der Waals surface area contributed by atoms with Gasteiger partial charge >= 0.3 is 0 Å². The minimum Gasteiger partial charge on any atom is -0.364 e. The van der Waals surface area contributed by atoms with Gasteiger partial charge in [-0.2, -0.15) is 0 Å². The molecule has 2 aliphatic heterocycles. The molecule has 0 radical (unpaired) electrons. The molecule has 1 saturated heterocycles. The molecule has 5 rings (SSSR count). The quantitative estimate of drug-likeness (QED) is 0.476. The summed E-state index contributed by atoms with van der Waals surface area (Å²) in [5.74, 6) is 0.393. The summed E-state index contributed by atoms with van der Waals surface area (Å²) in [5.41, 5.74) is 2.89. The van der Waals surface area contributed by atoms with Crippen LogP contribution in [0.2, 0.25) is 0 Å². The van der Waals surface area contributed by atoms with Crippen molar-refractivity contribution in [3.63, 3.8) is 0 Å². The van der Waals surface area contributed by atoms with Crippen LogP contribution in [-0.2, 0) is 17.8 Å². The second kappa shape index (κ2) is 8.85. The van der Waals surface area contributed by atoms with Crippen molar-refractivity contribution in [3.8, 4) is 0 Å². The zero-order chi connectivity index (χ0) is 22.8. The maximum absolute atomic E-state index is 13.4. The number of non-ortho nitro benzene ring substituents is 1. The summed E-state index contributed by atoms with van der Waals surface area (Å²) in [6.45, 7) is 2.48. The number of nitrogens with zero attached hydrogens (tertiary/aromatic N) is 5. The average Bonchev–Trinajstić information content (AvgIpc) is 2.87. The molecule has 0 spiro atoms. The molecule has 9 heteroatoms. The highest BCUT2D eigenvalue weighted by Crippen LogP contribution is 2.38. The molecule has 0 bridgehead atoms. The molecule has 3 aromatic rings. The van der Waals surface area contributed by atoms with Crippen LogP contribution >= 0.6 is 0 Å². The summed E-state index contributed by atoms with van der Waals surface area (Å²) in [6.07, 6.45) is 5.50. The topological polar surface area (TPSA) is 104 Å². The van der Waals surface area contributed by atoms with Crippen LogP contribution in [0.3, 0.4) is 0 Å². The Hall–Kier alpha value is -4.01. The van der Waals surface area contributed by atoms with Crippen molar-refractivity contribution in [2.45, 2.75) is 19.0 Å². The van der Waals surface area contributed by atoms with Gasteiger partial charge in [-0.05, 0) is 23.6 Å². The number of fused-ring (bicyclic) bond motifs is 3. The normalized spacial score (nSPS) is 19.4. The van der Waals surface area contributed by atoms with E-state index >= 15 is 0 Å². The van der Waals surface area contributed by atoms with Crippen molar-refractivity contribution in [1.29, 1.82) is 0 Å². The second-order valence-electron chi connectivity index (χ2n) is 8.35. The molecule has 2 atom stereocenters. The number of anilines is 2. The molecule has 2 aromatic carbocycles. The second-order valence-corrected chi connectivity index (χ2v) is 8.35. The van der Waals surface area contributed by atoms with E-state index in [1.807, 2.05) is 36.4 Å². The van der Waals surface area contributed by atoms with Crippen molar-refractivity contribution < 1.29 is 9.72 Å². The van der Waals surface area contributed by atoms with Crippen molar-refractivity contribution in [1.82, 2.24) is 15.3 Å². The minimum absolute atomic E-state index is 0.0491. The predicted molar refractivity (Wildman–Crippen MR) is 124 cm³/mol. The smallest absolute Gasteiger partial charge is 0.269 e. The van der Waals surface area contributed by atoms with E-state index in [-0.39, 0.29) is 28.5 Å². The van der Waals surface area contributed by atoms with E-state index in [0.29, 0.717) is 26.1 Å². The molecule has 3 heterocycles. The summed E-state index contributed by atoms with van der Waals surface area (Å²) in [5, 5.41) is 14.4. The summed E-state index contributed by atoms with van der Waals surface area (Å²) in [7, 11) is 0. The van der Waals surface area contributed by atoms with Crippen LogP contribution in [0, 0.1) is 16.0 Å². The Morgan fingerprint density at radius 1 is 1.15 bits per heavy atom. The maximum Gasteiger partial charge on any atom is 0.269 e. The highest BCUT2D eigenvalue weighted by molar-refractivity contribution is 5.82. The van der Waals surface area contributed by atoms with Gasteiger partial charge in [0.05, 0.1) is 23.1 Å². The van der Waals surface area contributed by atoms with E-state index in [0.717, 1.165) is 29.2 Å². The molecule has 0 saturated carbocycles. The fraction of sp³-hybridized carbons (Fsp3) is 0.292. The van der Waals surface area contributed by atoms with E-state index in [4.69, 9.17) is 0 Å². The molecule has 1 fully saturated rings. The first-order valence-corrected chi connectivity index (χ1v) is 11.0. The van der Waals surface area contributed by atoms with Crippen LogP contribution < -0.4 is 15.1 Å². The molecule has 0 aliphatic carbocycles. The Bertz CT molecular complexity index is 1160. The van der Waals surface area contributed by atoms with E-state index in [9.17, 15) is 14.9 Å². The summed E-state index contributed by atoms with van der Waals surface area (Å²) >= 11 is 0. The van der Waals surface area contributed by atoms with Crippen LogP contribution in [0.15, 0.2) is 67.1 Å². The third-order valence-electron chi connectivity index (χ3n) is 6.43. The zero-order valence-corrected chi connectivity index (χ0v) is 18.0. The first-order chi connectivity index (χ1) is 16.1. The Labute approximate surface area is 191 Å². The molecular formula is C24H24N6O3. The molecule has 1 aromatic heterocycles. The van der Waals surface area contributed by atoms with Gasteiger partial charge in [0.15, 0.2) is 0 Å². The largest absolute Gasteiger partial charge is 0.364 e. The lowest BCUT2D eigenvalue weighted by Crippen LogP contribution is -2.61. The summed E-state index contributed by atoms with van der Waals surface area (Å²) in [6, 6.07) is 14.7. The van der Waals surface area contributed by atoms with E-state index < -0.39 is 0 Å². The van der Waals surface area contributed by atoms with Gasteiger partial charge in [0, 0.05) is 56.4 Å². The third-order valence-corrected chi connectivity index (χ3v) is 6.43. The number of nitro benzene ring substituents is 1. The average molecular weight is 444 g/mol. The van der Waals surface area contributed by atoms with Gasteiger partial charge in [0.25, 0.3) is 5.69 Å². The van der Waals surface area contributed by atoms with Crippen molar-refractivity contribution >= 4 is 23.1 Å². The molecular weight excluding hydrogens is 420 g/mol. The van der Waals surface area contributed by atoms with Gasteiger partial charge in [-0.25, -0.2) is 4.98 Å².